The van der Waals surface area contributed by atoms with Crippen LogP contribution in [0.3, 0.4) is 0 Å². The zero-order chi connectivity index (χ0) is 29.6. The number of amides is 2. The van der Waals surface area contributed by atoms with Crippen molar-refractivity contribution in [3.63, 3.8) is 0 Å². The van der Waals surface area contributed by atoms with Crippen LogP contribution in [0.1, 0.15) is 28.4 Å². The second kappa shape index (κ2) is 12.7. The molecular weight excluding hydrogens is 548 g/mol. The highest BCUT2D eigenvalue weighted by Crippen LogP contribution is 2.25. The van der Waals surface area contributed by atoms with E-state index in [-0.39, 0.29) is 23.1 Å². The number of benzene rings is 4. The van der Waals surface area contributed by atoms with Gasteiger partial charge in [-0.05, 0) is 98.6 Å². The van der Waals surface area contributed by atoms with Crippen LogP contribution in [0.15, 0.2) is 101 Å². The van der Waals surface area contributed by atoms with Crippen LogP contribution in [0.4, 0.5) is 11.4 Å². The minimum Gasteiger partial charge on any atom is -0.494 e. The van der Waals surface area contributed by atoms with Gasteiger partial charge in [-0.25, -0.2) is 4.98 Å². The van der Waals surface area contributed by atoms with Gasteiger partial charge in [0.05, 0.1) is 29.0 Å². The minimum atomic E-state index is -0.264. The molecule has 212 valence electrons. The molecule has 0 aliphatic carbocycles. The number of aryl methyl sites for hydroxylation is 1. The summed E-state index contributed by atoms with van der Waals surface area (Å²) in [6.07, 6.45) is 0. The number of hydrogen-bond acceptors (Lipinski definition) is 6. The van der Waals surface area contributed by atoms with E-state index in [0.29, 0.717) is 39.6 Å². The van der Waals surface area contributed by atoms with E-state index in [4.69, 9.17) is 9.72 Å². The lowest BCUT2D eigenvalue weighted by molar-refractivity contribution is -0.113. The summed E-state index contributed by atoms with van der Waals surface area (Å²) >= 11 is 1.19. The van der Waals surface area contributed by atoms with Gasteiger partial charge in [-0.15, -0.1) is 0 Å². The van der Waals surface area contributed by atoms with Crippen LogP contribution in [0, 0.1) is 13.8 Å². The molecule has 0 aliphatic rings. The van der Waals surface area contributed by atoms with Crippen molar-refractivity contribution in [1.29, 1.82) is 0 Å². The number of carbonyl (C=O) groups excluding carboxylic acids is 2. The number of fused-ring (bicyclic) bond motifs is 1. The lowest BCUT2D eigenvalue weighted by Gasteiger charge is -2.16. The molecule has 5 rings (SSSR count). The molecule has 0 fully saturated rings. The van der Waals surface area contributed by atoms with E-state index < -0.39 is 0 Å². The highest BCUT2D eigenvalue weighted by atomic mass is 32.2. The first-order chi connectivity index (χ1) is 20.3. The van der Waals surface area contributed by atoms with Crippen LogP contribution < -0.4 is 20.9 Å². The summed E-state index contributed by atoms with van der Waals surface area (Å²) in [5, 5.41) is 6.65. The number of aromatic nitrogens is 2. The summed E-state index contributed by atoms with van der Waals surface area (Å²) in [6, 6.07) is 26.8. The van der Waals surface area contributed by atoms with E-state index in [9.17, 15) is 14.4 Å². The van der Waals surface area contributed by atoms with Gasteiger partial charge >= 0.3 is 0 Å². The Hall–Kier alpha value is -4.89. The molecule has 0 aliphatic heterocycles. The lowest BCUT2D eigenvalue weighted by atomic mass is 10.1. The van der Waals surface area contributed by atoms with Crippen molar-refractivity contribution in [2.45, 2.75) is 25.9 Å². The molecule has 1 aromatic heterocycles. The van der Waals surface area contributed by atoms with Gasteiger partial charge in [0, 0.05) is 16.9 Å². The van der Waals surface area contributed by atoms with E-state index in [2.05, 4.69) is 10.6 Å². The number of nitrogens with zero attached hydrogens (tertiary/aromatic N) is 2. The summed E-state index contributed by atoms with van der Waals surface area (Å²) in [7, 11) is 0. The summed E-state index contributed by atoms with van der Waals surface area (Å²) < 4.78 is 7.01. The summed E-state index contributed by atoms with van der Waals surface area (Å²) in [5.74, 6) is 0.245. The monoisotopic (exact) mass is 578 g/mol. The highest BCUT2D eigenvalue weighted by Gasteiger charge is 2.17. The standard InChI is InChI=1S/C33H30N4O4S/c1-4-41-26-18-16-25(17-19-26)35-31(39)23-12-14-24(15-13-23)34-30(38)20-42-33-36-28-10-6-5-9-27(28)32(40)37(33)29-11-7-8-21(2)22(29)3/h5-19H,4,20H2,1-3H3,(H,34,38)(H,35,39). The average Bonchev–Trinajstić information content (AvgIpc) is 2.99. The predicted molar refractivity (Wildman–Crippen MR) is 168 cm³/mol. The number of ether oxygens (including phenoxy) is 1. The lowest BCUT2D eigenvalue weighted by Crippen LogP contribution is -2.23. The Morgan fingerprint density at radius 3 is 2.29 bits per heavy atom. The van der Waals surface area contributed by atoms with E-state index in [1.54, 1.807) is 65.2 Å². The van der Waals surface area contributed by atoms with E-state index >= 15 is 0 Å². The predicted octanol–water partition coefficient (Wildman–Crippen LogP) is 6.38. The van der Waals surface area contributed by atoms with E-state index in [0.717, 1.165) is 22.6 Å². The van der Waals surface area contributed by atoms with Crippen molar-refractivity contribution < 1.29 is 14.3 Å². The number of nitrogens with one attached hydrogen (secondary N) is 2. The number of rotatable bonds is 9. The number of para-hydroxylation sites is 1. The smallest absolute Gasteiger partial charge is 0.266 e. The summed E-state index contributed by atoms with van der Waals surface area (Å²) in [4.78, 5) is 43.9. The molecule has 4 aromatic carbocycles. The first-order valence-electron chi connectivity index (χ1n) is 13.5. The van der Waals surface area contributed by atoms with Gasteiger partial charge < -0.3 is 15.4 Å². The molecule has 1 heterocycles. The highest BCUT2D eigenvalue weighted by molar-refractivity contribution is 7.99. The minimum absolute atomic E-state index is 0.0373. The van der Waals surface area contributed by atoms with E-state index in [1.165, 1.54) is 11.8 Å². The second-order valence-corrected chi connectivity index (χ2v) is 10.5. The first kappa shape index (κ1) is 28.6. The van der Waals surface area contributed by atoms with Crippen molar-refractivity contribution in [2.75, 3.05) is 23.0 Å². The Kier molecular flexibility index (Phi) is 8.68. The Morgan fingerprint density at radius 1 is 0.857 bits per heavy atom. The summed E-state index contributed by atoms with van der Waals surface area (Å²) in [6.45, 7) is 6.44. The van der Waals surface area contributed by atoms with Crippen LogP contribution in [-0.4, -0.2) is 33.7 Å². The number of carbonyl (C=O) groups is 2. The molecule has 0 spiro atoms. The SMILES string of the molecule is CCOc1ccc(NC(=O)c2ccc(NC(=O)CSc3nc4ccccc4c(=O)n3-c3cccc(C)c3C)cc2)cc1. The molecule has 2 amide bonds. The third-order valence-electron chi connectivity index (χ3n) is 6.75. The van der Waals surface area contributed by atoms with Crippen molar-refractivity contribution >= 4 is 45.9 Å². The fraction of sp³-hybridized carbons (Fsp3) is 0.152. The van der Waals surface area contributed by atoms with E-state index in [1.807, 2.05) is 51.1 Å². The fourth-order valence-corrected chi connectivity index (χ4v) is 5.24. The zero-order valence-electron chi connectivity index (χ0n) is 23.5. The molecule has 8 nitrogen and oxygen atoms in total. The Morgan fingerprint density at radius 2 is 1.55 bits per heavy atom. The van der Waals surface area contributed by atoms with Gasteiger partial charge in [0.2, 0.25) is 5.91 Å². The topological polar surface area (TPSA) is 102 Å². The molecule has 0 radical (unpaired) electrons. The maximum absolute atomic E-state index is 13.6. The maximum atomic E-state index is 13.6. The maximum Gasteiger partial charge on any atom is 0.266 e. The first-order valence-corrected chi connectivity index (χ1v) is 14.5. The van der Waals surface area contributed by atoms with Crippen molar-refractivity contribution in [3.05, 3.63) is 118 Å². The fourth-order valence-electron chi connectivity index (χ4n) is 4.44. The quantitative estimate of drug-likeness (QED) is 0.155. The zero-order valence-corrected chi connectivity index (χ0v) is 24.3. The molecule has 0 saturated carbocycles. The second-order valence-electron chi connectivity index (χ2n) is 9.60. The molecule has 0 saturated heterocycles. The third-order valence-corrected chi connectivity index (χ3v) is 7.69. The molecule has 42 heavy (non-hydrogen) atoms. The van der Waals surface area contributed by atoms with Gasteiger partial charge in [0.15, 0.2) is 5.16 Å². The molecule has 2 N–H and O–H groups in total. The third kappa shape index (κ3) is 6.37. The van der Waals surface area contributed by atoms with Gasteiger partial charge in [-0.2, -0.15) is 0 Å². The average molecular weight is 579 g/mol. The number of hydrogen-bond donors (Lipinski definition) is 2. The van der Waals surface area contributed by atoms with Gasteiger partial charge in [0.1, 0.15) is 5.75 Å². The normalized spacial score (nSPS) is 10.8. The van der Waals surface area contributed by atoms with Crippen LogP contribution >= 0.6 is 11.8 Å². The van der Waals surface area contributed by atoms with Crippen LogP contribution in [0.5, 0.6) is 5.75 Å². The van der Waals surface area contributed by atoms with Crippen LogP contribution in [0.2, 0.25) is 0 Å². The molecule has 0 unspecified atom stereocenters. The number of anilines is 2. The molecule has 0 bridgehead atoms. The van der Waals surface area contributed by atoms with Gasteiger partial charge in [0.25, 0.3) is 11.5 Å². The van der Waals surface area contributed by atoms with Crippen LogP contribution in [-0.2, 0) is 4.79 Å². The number of thioether (sulfide) groups is 1. The molecular formula is C33H30N4O4S. The van der Waals surface area contributed by atoms with Crippen molar-refractivity contribution in [2.24, 2.45) is 0 Å². The van der Waals surface area contributed by atoms with Crippen LogP contribution in [0.25, 0.3) is 16.6 Å². The van der Waals surface area contributed by atoms with Crippen molar-refractivity contribution in [3.8, 4) is 11.4 Å². The molecule has 9 heteroatoms. The Labute approximate surface area is 247 Å². The van der Waals surface area contributed by atoms with Crippen molar-refractivity contribution in [1.82, 2.24) is 9.55 Å². The molecule has 5 aromatic rings. The Bertz CT molecular complexity index is 1820. The van der Waals surface area contributed by atoms with Gasteiger partial charge in [-0.1, -0.05) is 36.0 Å². The Balaban J connectivity index is 1.28. The summed E-state index contributed by atoms with van der Waals surface area (Å²) in [5.41, 5.74) is 4.81. The van der Waals surface area contributed by atoms with Gasteiger partial charge in [-0.3, -0.25) is 19.0 Å². The molecule has 0 atom stereocenters. The largest absolute Gasteiger partial charge is 0.494 e.